The van der Waals surface area contributed by atoms with Crippen molar-refractivity contribution in [2.24, 2.45) is 0 Å². The second kappa shape index (κ2) is 6.36. The average molecular weight is 309 g/mol. The van der Waals surface area contributed by atoms with Crippen molar-refractivity contribution in [3.05, 3.63) is 71.4 Å². The molecule has 3 rings (SSSR count). The summed E-state index contributed by atoms with van der Waals surface area (Å²) in [4.78, 5) is 22.9. The molecule has 0 aliphatic rings. The molecule has 5 nitrogen and oxygen atoms in total. The maximum Gasteiger partial charge on any atom is 0.251 e. The third-order valence-corrected chi connectivity index (χ3v) is 3.50. The molecule has 23 heavy (non-hydrogen) atoms. The summed E-state index contributed by atoms with van der Waals surface area (Å²) in [5.74, 6) is 1.40. The highest BCUT2D eigenvalue weighted by molar-refractivity contribution is 5.95. The molecule has 0 aliphatic heterocycles. The number of nitrogens with one attached hydrogen (secondary N) is 1. The second-order valence-electron chi connectivity index (χ2n) is 5.11. The Labute approximate surface area is 132 Å². The van der Waals surface area contributed by atoms with Gasteiger partial charge in [0, 0.05) is 11.1 Å². The van der Waals surface area contributed by atoms with Gasteiger partial charge in [-0.1, -0.05) is 6.07 Å². The molecule has 1 aromatic carbocycles. The van der Waals surface area contributed by atoms with Gasteiger partial charge in [-0.05, 0) is 48.9 Å². The molecule has 0 fully saturated rings. The highest BCUT2D eigenvalue weighted by atomic mass is 16.3. The molecular formula is C18H15NO4. The summed E-state index contributed by atoms with van der Waals surface area (Å²) in [5, 5.41) is 2.80. The van der Waals surface area contributed by atoms with Gasteiger partial charge < -0.3 is 14.2 Å². The lowest BCUT2D eigenvalue weighted by atomic mass is 10.0. The topological polar surface area (TPSA) is 72.5 Å². The van der Waals surface area contributed by atoms with Crippen molar-refractivity contribution in [1.82, 2.24) is 5.32 Å². The largest absolute Gasteiger partial charge is 0.467 e. The average Bonchev–Trinajstić information content (AvgIpc) is 3.23. The van der Waals surface area contributed by atoms with Crippen molar-refractivity contribution in [2.75, 3.05) is 0 Å². The van der Waals surface area contributed by atoms with Crippen molar-refractivity contribution >= 4 is 12.2 Å². The number of amides is 1. The summed E-state index contributed by atoms with van der Waals surface area (Å²) < 4.78 is 10.6. The molecule has 0 aliphatic carbocycles. The van der Waals surface area contributed by atoms with Crippen LogP contribution in [0, 0.1) is 6.92 Å². The zero-order valence-electron chi connectivity index (χ0n) is 12.5. The third kappa shape index (κ3) is 3.23. The first-order valence-electron chi connectivity index (χ1n) is 7.14. The van der Waals surface area contributed by atoms with Crippen molar-refractivity contribution in [2.45, 2.75) is 13.5 Å². The Bertz CT molecular complexity index is 831. The molecule has 1 amide bonds. The molecule has 0 radical (unpaired) electrons. The lowest BCUT2D eigenvalue weighted by molar-refractivity contribution is 0.0947. The van der Waals surface area contributed by atoms with Gasteiger partial charge in [0.25, 0.3) is 5.91 Å². The van der Waals surface area contributed by atoms with Crippen LogP contribution >= 0.6 is 0 Å². The van der Waals surface area contributed by atoms with Crippen LogP contribution in [-0.2, 0) is 6.54 Å². The predicted molar refractivity (Wildman–Crippen MR) is 84.1 cm³/mol. The van der Waals surface area contributed by atoms with Crippen LogP contribution in [0.2, 0.25) is 0 Å². The van der Waals surface area contributed by atoms with E-state index in [0.717, 1.165) is 11.1 Å². The van der Waals surface area contributed by atoms with Gasteiger partial charge in [-0.25, -0.2) is 0 Å². The van der Waals surface area contributed by atoms with E-state index in [9.17, 15) is 9.59 Å². The monoisotopic (exact) mass is 309 g/mol. The number of carbonyl (C=O) groups excluding carboxylic acids is 2. The van der Waals surface area contributed by atoms with Crippen LogP contribution < -0.4 is 5.32 Å². The predicted octanol–water partition coefficient (Wildman–Crippen LogP) is 3.59. The Morgan fingerprint density at radius 2 is 2.09 bits per heavy atom. The number of carbonyl (C=O) groups is 2. The molecule has 1 N–H and O–H groups in total. The van der Waals surface area contributed by atoms with Crippen LogP contribution in [0.25, 0.3) is 11.3 Å². The molecule has 0 spiro atoms. The van der Waals surface area contributed by atoms with E-state index in [1.54, 1.807) is 42.7 Å². The summed E-state index contributed by atoms with van der Waals surface area (Å²) >= 11 is 0. The third-order valence-electron chi connectivity index (χ3n) is 3.50. The van der Waals surface area contributed by atoms with E-state index in [0.29, 0.717) is 29.9 Å². The van der Waals surface area contributed by atoms with Gasteiger partial charge in [-0.2, -0.15) is 0 Å². The van der Waals surface area contributed by atoms with Gasteiger partial charge in [0.1, 0.15) is 11.5 Å². The Balaban J connectivity index is 1.75. The molecule has 0 bridgehead atoms. The summed E-state index contributed by atoms with van der Waals surface area (Å²) in [6.45, 7) is 2.23. The van der Waals surface area contributed by atoms with Crippen molar-refractivity contribution in [3.63, 3.8) is 0 Å². The first kappa shape index (κ1) is 14.8. The highest BCUT2D eigenvalue weighted by Crippen LogP contribution is 2.26. The summed E-state index contributed by atoms with van der Waals surface area (Å²) in [6.07, 6.45) is 2.23. The van der Waals surface area contributed by atoms with Crippen LogP contribution in [0.1, 0.15) is 32.2 Å². The number of hydrogen-bond acceptors (Lipinski definition) is 4. The Morgan fingerprint density at radius 3 is 2.74 bits per heavy atom. The highest BCUT2D eigenvalue weighted by Gasteiger charge is 2.11. The van der Waals surface area contributed by atoms with Gasteiger partial charge >= 0.3 is 0 Å². The molecule has 2 heterocycles. The van der Waals surface area contributed by atoms with Crippen molar-refractivity contribution < 1.29 is 18.4 Å². The fraction of sp³-hybridized carbons (Fsp3) is 0.111. The lowest BCUT2D eigenvalue weighted by Gasteiger charge is -2.07. The second-order valence-corrected chi connectivity index (χ2v) is 5.11. The lowest BCUT2D eigenvalue weighted by Crippen LogP contribution is -2.22. The number of aryl methyl sites for hydroxylation is 1. The smallest absolute Gasteiger partial charge is 0.251 e. The fourth-order valence-electron chi connectivity index (χ4n) is 2.32. The van der Waals surface area contributed by atoms with Gasteiger partial charge in [0.15, 0.2) is 12.0 Å². The minimum absolute atomic E-state index is 0.177. The maximum atomic E-state index is 12.2. The normalized spacial score (nSPS) is 10.5. The standard InChI is InChI=1S/C18H15NO4/c1-12-9-13(18(21)19-10-14-3-2-8-22-14)4-6-16(12)17-7-5-15(11-20)23-17/h2-9,11H,10H2,1H3,(H,19,21). The minimum atomic E-state index is -0.177. The van der Waals surface area contributed by atoms with Gasteiger partial charge in [-0.15, -0.1) is 0 Å². The maximum absolute atomic E-state index is 12.2. The van der Waals surface area contributed by atoms with E-state index >= 15 is 0 Å². The number of hydrogen-bond donors (Lipinski definition) is 1. The van der Waals surface area contributed by atoms with Crippen LogP contribution in [0.15, 0.2) is 57.6 Å². The first-order chi connectivity index (χ1) is 11.2. The van der Waals surface area contributed by atoms with Crippen LogP contribution in [-0.4, -0.2) is 12.2 Å². The summed E-state index contributed by atoms with van der Waals surface area (Å²) in [6, 6.07) is 12.3. The molecule has 116 valence electrons. The zero-order valence-corrected chi connectivity index (χ0v) is 12.5. The molecule has 0 unspecified atom stereocenters. The molecule has 0 saturated heterocycles. The van der Waals surface area contributed by atoms with Crippen LogP contribution in [0.3, 0.4) is 0 Å². The first-order valence-corrected chi connectivity index (χ1v) is 7.14. The van der Waals surface area contributed by atoms with Gasteiger partial charge in [0.05, 0.1) is 12.8 Å². The van der Waals surface area contributed by atoms with E-state index in [1.807, 2.05) is 13.0 Å². The molecule has 2 aromatic heterocycles. The minimum Gasteiger partial charge on any atom is -0.467 e. The van der Waals surface area contributed by atoms with E-state index in [4.69, 9.17) is 8.83 Å². The van der Waals surface area contributed by atoms with Crippen molar-refractivity contribution in [3.8, 4) is 11.3 Å². The quantitative estimate of drug-likeness (QED) is 0.731. The Kier molecular flexibility index (Phi) is 4.10. The fourth-order valence-corrected chi connectivity index (χ4v) is 2.32. The SMILES string of the molecule is Cc1cc(C(=O)NCc2ccco2)ccc1-c1ccc(C=O)o1. The summed E-state index contributed by atoms with van der Waals surface area (Å²) in [7, 11) is 0. The Hall–Kier alpha value is -3.08. The number of rotatable bonds is 5. The molecule has 5 heteroatoms. The Morgan fingerprint density at radius 1 is 1.22 bits per heavy atom. The van der Waals surface area contributed by atoms with E-state index in [2.05, 4.69) is 5.32 Å². The van der Waals surface area contributed by atoms with Gasteiger partial charge in [-0.3, -0.25) is 9.59 Å². The molecule has 0 atom stereocenters. The number of furan rings is 2. The zero-order chi connectivity index (χ0) is 16.2. The van der Waals surface area contributed by atoms with E-state index < -0.39 is 0 Å². The summed E-state index contributed by atoms with van der Waals surface area (Å²) in [5.41, 5.74) is 2.29. The number of aldehydes is 1. The van der Waals surface area contributed by atoms with Crippen molar-refractivity contribution in [1.29, 1.82) is 0 Å². The van der Waals surface area contributed by atoms with E-state index in [1.165, 1.54) is 0 Å². The van der Waals surface area contributed by atoms with Gasteiger partial charge in [0.2, 0.25) is 0 Å². The molecular weight excluding hydrogens is 294 g/mol. The molecule has 0 saturated carbocycles. The van der Waals surface area contributed by atoms with Crippen LogP contribution in [0.5, 0.6) is 0 Å². The van der Waals surface area contributed by atoms with Crippen LogP contribution in [0.4, 0.5) is 0 Å². The number of benzene rings is 1. The van der Waals surface area contributed by atoms with E-state index in [-0.39, 0.29) is 11.7 Å². The molecule has 3 aromatic rings.